The lowest BCUT2D eigenvalue weighted by Gasteiger charge is -2.15. The van der Waals surface area contributed by atoms with Crippen LogP contribution in [0.1, 0.15) is 11.1 Å². The molecule has 8 aromatic rings. The lowest BCUT2D eigenvalue weighted by Crippen LogP contribution is -2.11. The van der Waals surface area contributed by atoms with Crippen molar-refractivity contribution in [3.8, 4) is 78.9 Å². The molecular formula is C45H28F2N4. The molecular weight excluding hydrogens is 635 g/mol. The molecule has 0 spiro atoms. The molecule has 0 saturated heterocycles. The Hall–Kier alpha value is -6.66. The highest BCUT2D eigenvalue weighted by molar-refractivity contribution is 5.84. The van der Waals surface area contributed by atoms with Crippen molar-refractivity contribution in [2.24, 2.45) is 0 Å². The SMILES string of the molecule is FC1(F)c2cc(-c3nc(-c4ccccc4)cc(-c4ccccc4)n3)ccc2-c2ccc(-c3nc(-c4ccccc4)cc(-c4ccccc4)n3)cc21. The van der Waals surface area contributed by atoms with E-state index in [0.717, 1.165) is 22.3 Å². The van der Waals surface area contributed by atoms with Crippen LogP contribution in [0.25, 0.3) is 78.9 Å². The van der Waals surface area contributed by atoms with E-state index in [1.807, 2.05) is 146 Å². The summed E-state index contributed by atoms with van der Waals surface area (Å²) < 4.78 is 33.2. The molecule has 1 aliphatic rings. The largest absolute Gasteiger partial charge is 0.299 e. The first-order valence-electron chi connectivity index (χ1n) is 16.7. The van der Waals surface area contributed by atoms with E-state index >= 15 is 8.78 Å². The van der Waals surface area contributed by atoms with Gasteiger partial charge in [-0.15, -0.1) is 0 Å². The summed E-state index contributed by atoms with van der Waals surface area (Å²) in [4.78, 5) is 19.5. The fourth-order valence-electron chi connectivity index (χ4n) is 6.68. The van der Waals surface area contributed by atoms with Gasteiger partial charge < -0.3 is 0 Å². The molecule has 0 bridgehead atoms. The number of hydrogen-bond donors (Lipinski definition) is 0. The molecule has 4 nitrogen and oxygen atoms in total. The van der Waals surface area contributed by atoms with Gasteiger partial charge in [-0.2, -0.15) is 8.78 Å². The monoisotopic (exact) mass is 662 g/mol. The number of halogens is 2. The molecule has 9 rings (SSSR count). The Bertz CT molecular complexity index is 2250. The normalized spacial score (nSPS) is 12.7. The number of rotatable bonds is 6. The first-order valence-corrected chi connectivity index (χ1v) is 16.7. The molecule has 0 saturated carbocycles. The van der Waals surface area contributed by atoms with Crippen molar-refractivity contribution in [3.05, 3.63) is 181 Å². The third-order valence-electron chi connectivity index (χ3n) is 9.25. The smallest absolute Gasteiger partial charge is 0.228 e. The number of alkyl halides is 2. The summed E-state index contributed by atoms with van der Waals surface area (Å²) in [7, 11) is 0. The van der Waals surface area contributed by atoms with Gasteiger partial charge in [-0.05, 0) is 35.4 Å². The van der Waals surface area contributed by atoms with E-state index in [1.165, 1.54) is 12.1 Å². The number of fused-ring (bicyclic) bond motifs is 3. The summed E-state index contributed by atoms with van der Waals surface area (Å²) in [5.41, 5.74) is 8.37. The summed E-state index contributed by atoms with van der Waals surface area (Å²) in [5, 5.41) is 0. The third kappa shape index (κ3) is 5.57. The predicted octanol–water partition coefficient (Wildman–Crippen LogP) is 11.4. The van der Waals surface area contributed by atoms with E-state index in [4.69, 9.17) is 19.9 Å². The van der Waals surface area contributed by atoms with Crippen molar-refractivity contribution in [2.75, 3.05) is 0 Å². The van der Waals surface area contributed by atoms with Crippen LogP contribution in [0.4, 0.5) is 8.78 Å². The van der Waals surface area contributed by atoms with Gasteiger partial charge in [-0.25, -0.2) is 19.9 Å². The maximum Gasteiger partial charge on any atom is 0.299 e. The molecule has 1 aliphatic carbocycles. The number of nitrogens with zero attached hydrogens (tertiary/aromatic N) is 4. The first-order chi connectivity index (χ1) is 25.0. The van der Waals surface area contributed by atoms with Crippen LogP contribution in [0.15, 0.2) is 170 Å². The highest BCUT2D eigenvalue weighted by Gasteiger charge is 2.45. The van der Waals surface area contributed by atoms with Gasteiger partial charge in [-0.3, -0.25) is 0 Å². The Morgan fingerprint density at radius 1 is 0.314 bits per heavy atom. The lowest BCUT2D eigenvalue weighted by atomic mass is 10.0. The van der Waals surface area contributed by atoms with Crippen molar-refractivity contribution in [2.45, 2.75) is 5.92 Å². The molecule has 0 fully saturated rings. The minimum absolute atomic E-state index is 0.0777. The van der Waals surface area contributed by atoms with E-state index in [2.05, 4.69) is 0 Å². The van der Waals surface area contributed by atoms with Gasteiger partial charge in [0.1, 0.15) is 0 Å². The van der Waals surface area contributed by atoms with Gasteiger partial charge in [0.15, 0.2) is 11.6 Å². The minimum atomic E-state index is -3.27. The molecule has 2 aromatic heterocycles. The molecule has 0 atom stereocenters. The second kappa shape index (κ2) is 12.3. The average Bonchev–Trinajstić information content (AvgIpc) is 3.43. The number of hydrogen-bond acceptors (Lipinski definition) is 4. The van der Waals surface area contributed by atoms with Crippen LogP contribution < -0.4 is 0 Å². The number of benzene rings is 6. The van der Waals surface area contributed by atoms with Crippen LogP contribution >= 0.6 is 0 Å². The molecule has 6 aromatic carbocycles. The Morgan fingerprint density at radius 3 is 0.902 bits per heavy atom. The fraction of sp³-hybridized carbons (Fsp3) is 0.0222. The van der Waals surface area contributed by atoms with Crippen molar-refractivity contribution >= 4 is 0 Å². The summed E-state index contributed by atoms with van der Waals surface area (Å²) in [6.07, 6.45) is 0. The van der Waals surface area contributed by atoms with Crippen molar-refractivity contribution < 1.29 is 8.78 Å². The number of aromatic nitrogens is 4. The van der Waals surface area contributed by atoms with E-state index in [0.29, 0.717) is 56.7 Å². The molecule has 242 valence electrons. The second-order valence-corrected chi connectivity index (χ2v) is 12.5. The van der Waals surface area contributed by atoms with Gasteiger partial charge in [0.2, 0.25) is 0 Å². The van der Waals surface area contributed by atoms with Gasteiger partial charge in [0.05, 0.1) is 22.8 Å². The standard InChI is InChI=1S/C45H28F2N4/c46-45(47)37-25-33(43-48-39(29-13-5-1-6-14-29)27-40(49-43)30-15-7-2-8-16-30)21-23-35(37)36-24-22-34(26-38(36)45)44-50-41(31-17-9-3-10-18-31)28-42(51-44)32-19-11-4-12-20-32/h1-28H. The van der Waals surface area contributed by atoms with E-state index in [9.17, 15) is 0 Å². The fourth-order valence-corrected chi connectivity index (χ4v) is 6.68. The minimum Gasteiger partial charge on any atom is -0.228 e. The van der Waals surface area contributed by atoms with Crippen LogP contribution in [0.3, 0.4) is 0 Å². The van der Waals surface area contributed by atoms with Crippen LogP contribution in [0.5, 0.6) is 0 Å². The Morgan fingerprint density at radius 2 is 0.608 bits per heavy atom. The van der Waals surface area contributed by atoms with Crippen LogP contribution in [-0.2, 0) is 5.92 Å². The van der Waals surface area contributed by atoms with Gasteiger partial charge in [0.25, 0.3) is 5.92 Å². The Kier molecular flexibility index (Phi) is 7.36. The van der Waals surface area contributed by atoms with Gasteiger partial charge >= 0.3 is 0 Å². The zero-order valence-corrected chi connectivity index (χ0v) is 27.2. The molecule has 0 amide bonds. The average molecular weight is 663 g/mol. The molecule has 6 heteroatoms. The summed E-state index contributed by atoms with van der Waals surface area (Å²) in [6, 6.07) is 53.3. The summed E-state index contributed by atoms with van der Waals surface area (Å²) in [6.45, 7) is 0. The Balaban J connectivity index is 1.14. The van der Waals surface area contributed by atoms with Crippen molar-refractivity contribution in [1.29, 1.82) is 0 Å². The molecule has 51 heavy (non-hydrogen) atoms. The molecule has 0 radical (unpaired) electrons. The van der Waals surface area contributed by atoms with Crippen LogP contribution in [0, 0.1) is 0 Å². The van der Waals surface area contributed by atoms with Crippen molar-refractivity contribution in [1.82, 2.24) is 19.9 Å². The highest BCUT2D eigenvalue weighted by Crippen LogP contribution is 2.52. The zero-order valence-electron chi connectivity index (χ0n) is 27.2. The summed E-state index contributed by atoms with van der Waals surface area (Å²) in [5.74, 6) is -2.51. The predicted molar refractivity (Wildman–Crippen MR) is 199 cm³/mol. The zero-order chi connectivity index (χ0) is 34.4. The van der Waals surface area contributed by atoms with E-state index in [1.54, 1.807) is 12.1 Å². The van der Waals surface area contributed by atoms with Crippen LogP contribution in [0.2, 0.25) is 0 Å². The topological polar surface area (TPSA) is 51.6 Å². The van der Waals surface area contributed by atoms with Gasteiger partial charge in [0, 0.05) is 44.5 Å². The molecule has 0 unspecified atom stereocenters. The summed E-state index contributed by atoms with van der Waals surface area (Å²) >= 11 is 0. The van der Waals surface area contributed by atoms with Gasteiger partial charge in [-0.1, -0.05) is 146 Å². The third-order valence-corrected chi connectivity index (χ3v) is 9.25. The lowest BCUT2D eigenvalue weighted by molar-refractivity contribution is 0.0481. The molecule has 0 N–H and O–H groups in total. The quantitative estimate of drug-likeness (QED) is 0.178. The van der Waals surface area contributed by atoms with Crippen LogP contribution in [-0.4, -0.2) is 19.9 Å². The first kappa shape index (κ1) is 30.4. The Labute approximate surface area is 293 Å². The maximum atomic E-state index is 16.6. The maximum absolute atomic E-state index is 16.6. The van der Waals surface area contributed by atoms with E-state index < -0.39 is 5.92 Å². The second-order valence-electron chi connectivity index (χ2n) is 12.5. The molecule has 2 heterocycles. The molecule has 0 aliphatic heterocycles. The van der Waals surface area contributed by atoms with E-state index in [-0.39, 0.29) is 11.1 Å². The highest BCUT2D eigenvalue weighted by atomic mass is 19.3. The van der Waals surface area contributed by atoms with Crippen molar-refractivity contribution in [3.63, 3.8) is 0 Å².